The third-order valence-electron chi connectivity index (χ3n) is 3.33. The molecule has 0 aliphatic heterocycles. The summed E-state index contributed by atoms with van der Waals surface area (Å²) in [4.78, 5) is 36.6. The molecule has 0 fully saturated rings. The van der Waals surface area contributed by atoms with Crippen LogP contribution in [0.4, 0.5) is 0 Å². The van der Waals surface area contributed by atoms with Crippen molar-refractivity contribution in [2.24, 2.45) is 5.41 Å². The topological polar surface area (TPSA) is 69.7 Å². The zero-order chi connectivity index (χ0) is 19.6. The standard InChI is InChI=1S/C17H19Cl3O5/c1-9(21)17(5,15(23)25-16(2,3)4)8-24-14(22)13-11(19)6-10(18)7-12(13)20/h6-7H,8H2,1-5H3. The lowest BCUT2D eigenvalue weighted by Crippen LogP contribution is -2.44. The van der Waals surface area contributed by atoms with Crippen molar-refractivity contribution in [2.45, 2.75) is 40.2 Å². The van der Waals surface area contributed by atoms with Crippen LogP contribution in [0.2, 0.25) is 15.1 Å². The van der Waals surface area contributed by atoms with Gasteiger partial charge in [0.15, 0.2) is 5.41 Å². The Hall–Kier alpha value is -1.30. The van der Waals surface area contributed by atoms with Gasteiger partial charge in [-0.25, -0.2) is 4.79 Å². The molecule has 0 heterocycles. The minimum absolute atomic E-state index is 0.00398. The van der Waals surface area contributed by atoms with Gasteiger partial charge < -0.3 is 9.47 Å². The maximum atomic E-state index is 12.3. The third-order valence-corrected chi connectivity index (χ3v) is 4.14. The first kappa shape index (κ1) is 21.7. The molecule has 0 amide bonds. The van der Waals surface area contributed by atoms with E-state index in [4.69, 9.17) is 44.3 Å². The number of hydrogen-bond acceptors (Lipinski definition) is 5. The molecule has 0 aliphatic carbocycles. The summed E-state index contributed by atoms with van der Waals surface area (Å²) in [6.45, 7) is 7.08. The van der Waals surface area contributed by atoms with E-state index in [0.717, 1.165) is 0 Å². The molecule has 1 unspecified atom stereocenters. The number of carbonyl (C=O) groups is 3. The molecule has 1 aromatic carbocycles. The fourth-order valence-electron chi connectivity index (χ4n) is 1.71. The number of hydrogen-bond donors (Lipinski definition) is 0. The van der Waals surface area contributed by atoms with Crippen molar-refractivity contribution < 1.29 is 23.9 Å². The van der Waals surface area contributed by atoms with Crippen LogP contribution in [-0.4, -0.2) is 29.9 Å². The van der Waals surface area contributed by atoms with Gasteiger partial charge in [0.1, 0.15) is 18.0 Å². The minimum atomic E-state index is -1.64. The summed E-state index contributed by atoms with van der Waals surface area (Å²) in [5.74, 6) is -2.15. The molecule has 8 heteroatoms. The van der Waals surface area contributed by atoms with Crippen LogP contribution in [0.25, 0.3) is 0 Å². The van der Waals surface area contributed by atoms with Crippen LogP contribution in [0.15, 0.2) is 12.1 Å². The number of Topliss-reactive ketones (excluding diaryl/α,β-unsaturated/α-hetero) is 1. The number of halogens is 3. The van der Waals surface area contributed by atoms with Gasteiger partial charge in [0.2, 0.25) is 0 Å². The molecule has 0 N–H and O–H groups in total. The van der Waals surface area contributed by atoms with E-state index < -0.39 is 35.3 Å². The van der Waals surface area contributed by atoms with Crippen LogP contribution in [0.5, 0.6) is 0 Å². The molecule has 0 radical (unpaired) electrons. The van der Waals surface area contributed by atoms with E-state index in [9.17, 15) is 14.4 Å². The maximum Gasteiger partial charge on any atom is 0.341 e. The highest BCUT2D eigenvalue weighted by Gasteiger charge is 2.43. The Kier molecular flexibility index (Phi) is 6.90. The molecule has 0 spiro atoms. The van der Waals surface area contributed by atoms with Crippen molar-refractivity contribution in [2.75, 3.05) is 6.61 Å². The Balaban J connectivity index is 3.01. The second kappa shape index (κ2) is 7.94. The number of benzene rings is 1. The fraction of sp³-hybridized carbons (Fsp3) is 0.471. The molecule has 0 saturated carbocycles. The zero-order valence-electron chi connectivity index (χ0n) is 14.5. The zero-order valence-corrected chi connectivity index (χ0v) is 16.8. The summed E-state index contributed by atoms with van der Waals surface area (Å²) >= 11 is 17.7. The second-order valence-corrected chi connectivity index (χ2v) is 7.96. The van der Waals surface area contributed by atoms with Gasteiger partial charge in [-0.2, -0.15) is 0 Å². The summed E-state index contributed by atoms with van der Waals surface area (Å²) in [7, 11) is 0. The van der Waals surface area contributed by atoms with Crippen molar-refractivity contribution >= 4 is 52.5 Å². The number of carbonyl (C=O) groups excluding carboxylic acids is 3. The molecule has 138 valence electrons. The van der Waals surface area contributed by atoms with Gasteiger partial charge in [0.05, 0.1) is 15.6 Å². The molecule has 0 bridgehead atoms. The van der Waals surface area contributed by atoms with Gasteiger partial charge in [0.25, 0.3) is 0 Å². The van der Waals surface area contributed by atoms with E-state index in [2.05, 4.69) is 0 Å². The Bertz CT molecular complexity index is 686. The molecule has 1 aromatic rings. The Morgan fingerprint density at radius 3 is 1.88 bits per heavy atom. The van der Waals surface area contributed by atoms with Gasteiger partial charge in [-0.3, -0.25) is 9.59 Å². The quantitative estimate of drug-likeness (QED) is 0.519. The highest BCUT2D eigenvalue weighted by Crippen LogP contribution is 2.31. The van der Waals surface area contributed by atoms with E-state index in [1.165, 1.54) is 26.0 Å². The smallest absolute Gasteiger partial charge is 0.341 e. The number of ketones is 1. The summed E-state index contributed by atoms with van der Waals surface area (Å²) < 4.78 is 10.4. The molecule has 5 nitrogen and oxygen atoms in total. The minimum Gasteiger partial charge on any atom is -0.460 e. The predicted molar refractivity (Wildman–Crippen MR) is 96.4 cm³/mol. The summed E-state index contributed by atoms with van der Waals surface area (Å²) in [5.41, 5.74) is -2.53. The van der Waals surface area contributed by atoms with Crippen molar-refractivity contribution in [3.05, 3.63) is 32.8 Å². The normalized spacial score (nSPS) is 13.8. The first-order valence-electron chi connectivity index (χ1n) is 7.34. The molecule has 0 aliphatic rings. The lowest BCUT2D eigenvalue weighted by atomic mass is 9.87. The van der Waals surface area contributed by atoms with Crippen molar-refractivity contribution in [1.29, 1.82) is 0 Å². The van der Waals surface area contributed by atoms with Crippen molar-refractivity contribution in [3.8, 4) is 0 Å². The van der Waals surface area contributed by atoms with E-state index >= 15 is 0 Å². The third kappa shape index (κ3) is 5.59. The molecule has 1 atom stereocenters. The molecular formula is C17H19Cl3O5. The van der Waals surface area contributed by atoms with Gasteiger partial charge >= 0.3 is 11.9 Å². The molecule has 0 aromatic heterocycles. The monoisotopic (exact) mass is 408 g/mol. The average molecular weight is 410 g/mol. The molecule has 25 heavy (non-hydrogen) atoms. The lowest BCUT2D eigenvalue weighted by molar-refractivity contribution is -0.171. The maximum absolute atomic E-state index is 12.3. The molecule has 0 saturated heterocycles. The Morgan fingerprint density at radius 1 is 1.00 bits per heavy atom. The Morgan fingerprint density at radius 2 is 1.48 bits per heavy atom. The summed E-state index contributed by atoms with van der Waals surface area (Å²) in [6, 6.07) is 2.67. The van der Waals surface area contributed by atoms with E-state index in [1.54, 1.807) is 20.8 Å². The highest BCUT2D eigenvalue weighted by atomic mass is 35.5. The van der Waals surface area contributed by atoms with Crippen molar-refractivity contribution in [3.63, 3.8) is 0 Å². The highest BCUT2D eigenvalue weighted by molar-refractivity contribution is 6.41. The van der Waals surface area contributed by atoms with Crippen LogP contribution < -0.4 is 0 Å². The number of esters is 2. The first-order chi connectivity index (χ1) is 11.3. The van der Waals surface area contributed by atoms with E-state index in [-0.39, 0.29) is 20.6 Å². The molecular weight excluding hydrogens is 391 g/mol. The van der Waals surface area contributed by atoms with Gasteiger partial charge in [0, 0.05) is 5.02 Å². The van der Waals surface area contributed by atoms with Gasteiger partial charge in [-0.05, 0) is 46.8 Å². The van der Waals surface area contributed by atoms with Crippen LogP contribution in [0, 0.1) is 5.41 Å². The van der Waals surface area contributed by atoms with E-state index in [0.29, 0.717) is 0 Å². The van der Waals surface area contributed by atoms with Gasteiger partial charge in [-0.1, -0.05) is 34.8 Å². The van der Waals surface area contributed by atoms with Crippen LogP contribution in [-0.2, 0) is 19.1 Å². The first-order valence-corrected chi connectivity index (χ1v) is 8.47. The number of ether oxygens (including phenoxy) is 2. The summed E-state index contributed by atoms with van der Waals surface area (Å²) in [6.07, 6.45) is 0. The number of rotatable bonds is 5. The Labute approximate surface area is 161 Å². The van der Waals surface area contributed by atoms with Crippen LogP contribution in [0.3, 0.4) is 0 Å². The van der Waals surface area contributed by atoms with Crippen LogP contribution >= 0.6 is 34.8 Å². The SMILES string of the molecule is CC(=O)C(C)(COC(=O)c1c(Cl)cc(Cl)cc1Cl)C(=O)OC(C)(C)C. The summed E-state index contributed by atoms with van der Waals surface area (Å²) in [5, 5.41) is 0.266. The average Bonchev–Trinajstić information content (AvgIpc) is 2.41. The van der Waals surface area contributed by atoms with Crippen LogP contribution in [0.1, 0.15) is 45.0 Å². The van der Waals surface area contributed by atoms with E-state index in [1.807, 2.05) is 0 Å². The predicted octanol–water partition coefficient (Wildman–Crippen LogP) is 4.74. The lowest BCUT2D eigenvalue weighted by Gasteiger charge is -2.29. The van der Waals surface area contributed by atoms with Gasteiger partial charge in [-0.15, -0.1) is 0 Å². The largest absolute Gasteiger partial charge is 0.460 e. The van der Waals surface area contributed by atoms with Crippen molar-refractivity contribution in [1.82, 2.24) is 0 Å². The second-order valence-electron chi connectivity index (χ2n) is 6.71. The molecule has 1 rings (SSSR count). The fourth-order valence-corrected chi connectivity index (χ4v) is 2.69.